The average Bonchev–Trinajstić information content (AvgIpc) is 3.41. The van der Waals surface area contributed by atoms with E-state index in [-0.39, 0.29) is 48.9 Å². The summed E-state index contributed by atoms with van der Waals surface area (Å²) in [7, 11) is 0. The van der Waals surface area contributed by atoms with Gasteiger partial charge in [-0.15, -0.1) is 23.6 Å². The number of aliphatic hydroxyl groups excluding tert-OH is 1. The molecule has 0 spiro atoms. The van der Waals surface area contributed by atoms with Gasteiger partial charge in [-0.05, 0) is 57.5 Å². The standard InChI is InChI=1S/C21H10F3N2S.C13H24O2.Ir/c22-21(23,24)20-16-10-13-6-2-1-5-12(13)9-15(16)19(25-26-20)18-11-14-7-3-4-8-17(14)27-18;1-5-10(6-2)12(14)9-13(15)11(7-3)8-4;/h1-10H;9-11,14H,5-8H2,1-4H3;/q-1;;/b;12-9-;. The first-order chi connectivity index (χ1) is 20.1. The van der Waals surface area contributed by atoms with Gasteiger partial charge in [0.1, 0.15) is 0 Å². The number of halogens is 3. The zero-order valence-electron chi connectivity index (χ0n) is 24.5. The molecule has 43 heavy (non-hydrogen) atoms. The topological polar surface area (TPSA) is 63.1 Å². The first kappa shape index (κ1) is 34.4. The third-order valence-electron chi connectivity index (χ3n) is 7.56. The van der Waals surface area contributed by atoms with Crippen molar-refractivity contribution >= 4 is 48.8 Å². The van der Waals surface area contributed by atoms with Gasteiger partial charge in [0.15, 0.2) is 11.5 Å². The number of alkyl halides is 3. The average molecular weight is 784 g/mol. The molecule has 0 aliphatic rings. The molecule has 0 aliphatic carbocycles. The summed E-state index contributed by atoms with van der Waals surface area (Å²) in [5.41, 5.74) is -0.543. The molecule has 4 nitrogen and oxygen atoms in total. The third-order valence-corrected chi connectivity index (χ3v) is 8.63. The molecule has 0 bridgehead atoms. The number of thiophene rings is 1. The quantitative estimate of drug-likeness (QED) is 0.0737. The van der Waals surface area contributed by atoms with E-state index in [0.717, 1.165) is 46.5 Å². The number of nitrogens with zero attached hydrogens (tertiary/aromatic N) is 2. The second kappa shape index (κ2) is 15.0. The molecular formula is C34H34F3IrN2O2S-. The van der Waals surface area contributed by atoms with Crippen molar-refractivity contribution in [2.75, 3.05) is 0 Å². The van der Waals surface area contributed by atoms with Crippen LogP contribution in [-0.4, -0.2) is 21.1 Å². The number of ketones is 1. The van der Waals surface area contributed by atoms with Gasteiger partial charge in [0.05, 0.1) is 5.76 Å². The Balaban J connectivity index is 0.000000274. The summed E-state index contributed by atoms with van der Waals surface area (Å²) >= 11 is 1.44. The first-order valence-electron chi connectivity index (χ1n) is 14.2. The van der Waals surface area contributed by atoms with Crippen molar-refractivity contribution < 1.29 is 43.2 Å². The summed E-state index contributed by atoms with van der Waals surface area (Å²) in [5.74, 6) is 0.547. The van der Waals surface area contributed by atoms with Crippen LogP contribution in [0.4, 0.5) is 13.2 Å². The van der Waals surface area contributed by atoms with Crippen molar-refractivity contribution in [3.8, 4) is 10.6 Å². The van der Waals surface area contributed by atoms with Crippen LogP contribution in [-0.2, 0) is 31.1 Å². The van der Waals surface area contributed by atoms with Crippen molar-refractivity contribution in [2.45, 2.75) is 59.6 Å². The summed E-state index contributed by atoms with van der Waals surface area (Å²) in [6.45, 7) is 8.07. The van der Waals surface area contributed by atoms with Crippen LogP contribution in [0.1, 0.15) is 59.1 Å². The SMILES string of the molecule is CCC(CC)C(=O)/C=C(\O)C(CC)CC.FC(F)(F)c1nnc(-c2[c-]c3ccccc3s2)c2cc3ccccc3cc12.[Ir]. The number of aromatic nitrogens is 2. The van der Waals surface area contributed by atoms with E-state index in [1.54, 1.807) is 24.3 Å². The van der Waals surface area contributed by atoms with Gasteiger partial charge in [0, 0.05) is 49.1 Å². The molecule has 0 atom stereocenters. The van der Waals surface area contributed by atoms with Gasteiger partial charge in [-0.25, -0.2) is 11.3 Å². The largest absolute Gasteiger partial charge is 0.512 e. The molecule has 0 aliphatic heterocycles. The van der Waals surface area contributed by atoms with Gasteiger partial charge >= 0.3 is 6.18 Å². The van der Waals surface area contributed by atoms with Crippen LogP contribution in [0.3, 0.4) is 0 Å². The number of hydrogen-bond donors (Lipinski definition) is 1. The van der Waals surface area contributed by atoms with Gasteiger partial charge < -0.3 is 5.11 Å². The fourth-order valence-corrected chi connectivity index (χ4v) is 6.02. The number of rotatable bonds is 8. The van der Waals surface area contributed by atoms with Crippen molar-refractivity contribution in [1.82, 2.24) is 10.2 Å². The van der Waals surface area contributed by atoms with Crippen LogP contribution < -0.4 is 0 Å². The molecule has 5 aromatic rings. The molecular weight excluding hydrogens is 750 g/mol. The minimum absolute atomic E-state index is 0. The maximum absolute atomic E-state index is 13.5. The van der Waals surface area contributed by atoms with E-state index in [9.17, 15) is 23.1 Å². The van der Waals surface area contributed by atoms with Crippen molar-refractivity contribution in [2.24, 2.45) is 11.8 Å². The molecule has 0 fully saturated rings. The van der Waals surface area contributed by atoms with Crippen LogP contribution in [0.25, 0.3) is 42.2 Å². The number of benzene rings is 3. The van der Waals surface area contributed by atoms with E-state index in [2.05, 4.69) is 16.3 Å². The minimum atomic E-state index is -4.57. The smallest absolute Gasteiger partial charge is 0.435 e. The van der Waals surface area contributed by atoms with Crippen LogP contribution in [0.15, 0.2) is 72.5 Å². The normalized spacial score (nSPS) is 12.1. The number of fused-ring (bicyclic) bond motifs is 3. The molecule has 3 aromatic carbocycles. The number of carbonyl (C=O) groups excluding carboxylic acids is 1. The van der Waals surface area contributed by atoms with E-state index in [0.29, 0.717) is 16.0 Å². The Morgan fingerprint density at radius 1 is 0.884 bits per heavy atom. The second-order valence-corrected chi connectivity index (χ2v) is 11.2. The Morgan fingerprint density at radius 3 is 2.00 bits per heavy atom. The van der Waals surface area contributed by atoms with E-state index < -0.39 is 11.9 Å². The summed E-state index contributed by atoms with van der Waals surface area (Å²) in [6, 6.07) is 21.6. The van der Waals surface area contributed by atoms with Gasteiger partial charge in [0.25, 0.3) is 0 Å². The number of hydrogen-bond acceptors (Lipinski definition) is 5. The zero-order valence-corrected chi connectivity index (χ0v) is 27.7. The molecule has 9 heteroatoms. The van der Waals surface area contributed by atoms with E-state index in [1.807, 2.05) is 64.1 Å². The van der Waals surface area contributed by atoms with E-state index in [1.165, 1.54) is 17.4 Å². The van der Waals surface area contributed by atoms with Crippen LogP contribution in [0.2, 0.25) is 0 Å². The Morgan fingerprint density at radius 2 is 1.44 bits per heavy atom. The van der Waals surface area contributed by atoms with Gasteiger partial charge in [-0.3, -0.25) is 4.79 Å². The second-order valence-electron chi connectivity index (χ2n) is 10.2. The molecule has 1 N–H and O–H groups in total. The number of allylic oxidation sites excluding steroid dienone is 2. The summed E-state index contributed by atoms with van der Waals surface area (Å²) < 4.78 is 41.5. The Kier molecular flexibility index (Phi) is 12.0. The summed E-state index contributed by atoms with van der Waals surface area (Å²) in [6.07, 6.45) is 0.333. The number of aliphatic hydroxyl groups is 1. The predicted octanol–water partition coefficient (Wildman–Crippen LogP) is 10.4. The first-order valence-corrected chi connectivity index (χ1v) is 15.0. The Labute approximate surface area is 267 Å². The van der Waals surface area contributed by atoms with Gasteiger partial charge in [0.2, 0.25) is 0 Å². The molecule has 0 unspecified atom stereocenters. The molecule has 2 heterocycles. The molecule has 2 aromatic heterocycles. The minimum Gasteiger partial charge on any atom is -0.512 e. The number of carbonyl (C=O) groups is 1. The van der Waals surface area contributed by atoms with E-state index >= 15 is 0 Å². The van der Waals surface area contributed by atoms with Crippen LogP contribution in [0.5, 0.6) is 0 Å². The molecule has 0 saturated heterocycles. The molecule has 0 amide bonds. The molecule has 229 valence electrons. The fraction of sp³-hybridized carbons (Fsp3) is 0.324. The molecule has 1 radical (unpaired) electrons. The summed E-state index contributed by atoms with van der Waals surface area (Å²) in [4.78, 5) is 12.4. The van der Waals surface area contributed by atoms with Gasteiger partial charge in [-0.1, -0.05) is 70.2 Å². The van der Waals surface area contributed by atoms with Crippen LogP contribution in [0, 0.1) is 17.9 Å². The zero-order chi connectivity index (χ0) is 30.4. The predicted molar refractivity (Wildman–Crippen MR) is 166 cm³/mol. The molecule has 0 saturated carbocycles. The maximum atomic E-state index is 13.5. The van der Waals surface area contributed by atoms with Crippen molar-refractivity contribution in [1.29, 1.82) is 0 Å². The monoisotopic (exact) mass is 784 g/mol. The fourth-order valence-electron chi connectivity index (χ4n) is 5.02. The summed E-state index contributed by atoms with van der Waals surface area (Å²) in [5, 5.41) is 20.2. The maximum Gasteiger partial charge on any atom is 0.435 e. The van der Waals surface area contributed by atoms with Crippen molar-refractivity contribution in [3.05, 3.63) is 84.3 Å². The van der Waals surface area contributed by atoms with Crippen LogP contribution >= 0.6 is 11.3 Å². The Hall–Kier alpha value is -3.13. The third kappa shape index (κ3) is 7.88. The van der Waals surface area contributed by atoms with E-state index in [4.69, 9.17) is 0 Å². The Bertz CT molecular complexity index is 1690. The van der Waals surface area contributed by atoms with Gasteiger partial charge in [-0.2, -0.15) is 23.4 Å². The molecule has 5 rings (SSSR count). The van der Waals surface area contributed by atoms with Crippen molar-refractivity contribution in [3.63, 3.8) is 0 Å².